The number of thioether (sulfide) groups is 1. The summed E-state index contributed by atoms with van der Waals surface area (Å²) in [6.45, 7) is 0. The van der Waals surface area contributed by atoms with Crippen molar-refractivity contribution in [3.63, 3.8) is 0 Å². The van der Waals surface area contributed by atoms with Gasteiger partial charge in [0, 0.05) is 29.4 Å². The molecule has 7 heteroatoms. The molecule has 136 valence electrons. The molecule has 5 nitrogen and oxygen atoms in total. The first-order valence-corrected chi connectivity index (χ1v) is 9.73. The monoisotopic (exact) mass is 396 g/mol. The molecule has 0 saturated carbocycles. The second kappa shape index (κ2) is 7.58. The van der Waals surface area contributed by atoms with Gasteiger partial charge < -0.3 is 9.30 Å². The molecular formula is C20H17ClN4OS. The summed E-state index contributed by atoms with van der Waals surface area (Å²) in [5, 5.41) is 11.2. The number of para-hydroxylation sites is 1. The van der Waals surface area contributed by atoms with Crippen molar-refractivity contribution in [2.75, 3.05) is 7.11 Å². The fourth-order valence-electron chi connectivity index (χ4n) is 2.96. The Morgan fingerprint density at radius 1 is 1.07 bits per heavy atom. The second-order valence-corrected chi connectivity index (χ2v) is 7.31. The summed E-state index contributed by atoms with van der Waals surface area (Å²) in [4.78, 5) is 4.50. The van der Waals surface area contributed by atoms with Crippen LogP contribution < -0.4 is 4.74 Å². The second-order valence-electron chi connectivity index (χ2n) is 5.96. The molecule has 0 aliphatic rings. The highest BCUT2D eigenvalue weighted by atomic mass is 35.5. The number of methoxy groups -OCH3 is 1. The Balaban J connectivity index is 1.62. The number of halogens is 1. The van der Waals surface area contributed by atoms with Crippen LogP contribution in [0.15, 0.2) is 59.9 Å². The third-order valence-electron chi connectivity index (χ3n) is 4.34. The first kappa shape index (κ1) is 17.8. The summed E-state index contributed by atoms with van der Waals surface area (Å²) in [5.41, 5.74) is 2.95. The molecule has 0 aliphatic heterocycles. The summed E-state index contributed by atoms with van der Waals surface area (Å²) >= 11 is 7.90. The molecular weight excluding hydrogens is 380 g/mol. The number of pyridine rings is 1. The Kier molecular flexibility index (Phi) is 5.01. The van der Waals surface area contributed by atoms with Crippen molar-refractivity contribution in [2.24, 2.45) is 7.05 Å². The Morgan fingerprint density at radius 2 is 1.93 bits per heavy atom. The summed E-state index contributed by atoms with van der Waals surface area (Å²) in [5.74, 6) is 2.27. The van der Waals surface area contributed by atoms with Crippen molar-refractivity contribution in [3.05, 3.63) is 65.3 Å². The third-order valence-corrected chi connectivity index (χ3v) is 5.74. The Hall–Kier alpha value is -2.57. The van der Waals surface area contributed by atoms with E-state index in [1.165, 1.54) is 0 Å². The van der Waals surface area contributed by atoms with Crippen LogP contribution in [0.1, 0.15) is 5.56 Å². The van der Waals surface area contributed by atoms with Gasteiger partial charge in [0.25, 0.3) is 0 Å². The molecule has 4 rings (SSSR count). The summed E-state index contributed by atoms with van der Waals surface area (Å²) < 4.78 is 7.42. The molecule has 0 aliphatic carbocycles. The number of nitrogens with zero attached hydrogens (tertiary/aromatic N) is 4. The predicted molar refractivity (Wildman–Crippen MR) is 109 cm³/mol. The van der Waals surface area contributed by atoms with E-state index in [0.717, 1.165) is 44.5 Å². The van der Waals surface area contributed by atoms with Gasteiger partial charge >= 0.3 is 0 Å². The number of benzene rings is 2. The fourth-order valence-corrected chi connectivity index (χ4v) is 4.07. The Morgan fingerprint density at radius 3 is 2.78 bits per heavy atom. The molecule has 0 saturated heterocycles. The Labute approximate surface area is 166 Å². The number of rotatable bonds is 5. The summed E-state index contributed by atoms with van der Waals surface area (Å²) in [6, 6.07) is 15.6. The zero-order valence-electron chi connectivity index (χ0n) is 14.9. The first-order chi connectivity index (χ1) is 13.2. The van der Waals surface area contributed by atoms with E-state index in [-0.39, 0.29) is 0 Å². The predicted octanol–water partition coefficient (Wildman–Crippen LogP) is 4.98. The van der Waals surface area contributed by atoms with Gasteiger partial charge in [-0.05, 0) is 35.9 Å². The van der Waals surface area contributed by atoms with Gasteiger partial charge in [-0.15, -0.1) is 10.2 Å². The fraction of sp³-hybridized carbons (Fsp3) is 0.150. The van der Waals surface area contributed by atoms with Gasteiger partial charge in [0.1, 0.15) is 5.75 Å². The van der Waals surface area contributed by atoms with Gasteiger partial charge in [0.2, 0.25) is 0 Å². The topological polar surface area (TPSA) is 52.8 Å². The van der Waals surface area contributed by atoms with Crippen LogP contribution in [0.5, 0.6) is 5.75 Å². The molecule has 0 bridgehead atoms. The first-order valence-electron chi connectivity index (χ1n) is 8.36. The summed E-state index contributed by atoms with van der Waals surface area (Å²) in [7, 11) is 3.62. The average molecular weight is 397 g/mol. The van der Waals surface area contributed by atoms with E-state index in [1.807, 2.05) is 60.1 Å². The minimum Gasteiger partial charge on any atom is -0.496 e. The number of hydrogen-bond donors (Lipinski definition) is 0. The number of fused-ring (bicyclic) bond motifs is 1. The molecule has 2 aromatic heterocycles. The molecule has 0 N–H and O–H groups in total. The molecule has 0 amide bonds. The molecule has 2 aromatic carbocycles. The highest BCUT2D eigenvalue weighted by molar-refractivity contribution is 7.98. The van der Waals surface area contributed by atoms with Crippen LogP contribution in [0.3, 0.4) is 0 Å². The smallest absolute Gasteiger partial charge is 0.191 e. The van der Waals surface area contributed by atoms with Crippen LogP contribution in [0.25, 0.3) is 22.3 Å². The number of aromatic nitrogens is 4. The highest BCUT2D eigenvalue weighted by Gasteiger charge is 2.15. The number of hydrogen-bond acceptors (Lipinski definition) is 5. The van der Waals surface area contributed by atoms with E-state index in [9.17, 15) is 0 Å². The minimum absolute atomic E-state index is 0.712. The van der Waals surface area contributed by atoms with Gasteiger partial charge in [0.15, 0.2) is 11.0 Å². The standard InChI is InChI=1S/C20H17ClN4OS/c1-25-19(15-6-3-4-8-17(15)26-2)23-24-20(25)27-12-13-9-10-16(21)14-7-5-11-22-18(13)14/h3-11H,12H2,1-2H3. The van der Waals surface area contributed by atoms with Crippen molar-refractivity contribution in [2.45, 2.75) is 10.9 Å². The number of ether oxygens (including phenoxy) is 1. The highest BCUT2D eigenvalue weighted by Crippen LogP contribution is 2.32. The van der Waals surface area contributed by atoms with Crippen molar-refractivity contribution < 1.29 is 4.74 Å². The lowest BCUT2D eigenvalue weighted by Gasteiger charge is -2.09. The zero-order chi connectivity index (χ0) is 18.8. The van der Waals surface area contributed by atoms with Gasteiger partial charge in [-0.1, -0.05) is 41.6 Å². The van der Waals surface area contributed by atoms with E-state index in [0.29, 0.717) is 5.02 Å². The minimum atomic E-state index is 0.712. The van der Waals surface area contributed by atoms with Crippen LogP contribution in [-0.2, 0) is 12.8 Å². The largest absolute Gasteiger partial charge is 0.496 e. The van der Waals surface area contributed by atoms with E-state index >= 15 is 0 Å². The van der Waals surface area contributed by atoms with Gasteiger partial charge in [-0.25, -0.2) is 0 Å². The van der Waals surface area contributed by atoms with Gasteiger partial charge in [-0.2, -0.15) is 0 Å². The van der Waals surface area contributed by atoms with E-state index in [2.05, 4.69) is 15.2 Å². The molecule has 0 unspecified atom stereocenters. The SMILES string of the molecule is COc1ccccc1-c1nnc(SCc2ccc(Cl)c3cccnc23)n1C. The van der Waals surface area contributed by atoms with E-state index in [4.69, 9.17) is 16.3 Å². The lowest BCUT2D eigenvalue weighted by Crippen LogP contribution is -1.97. The quantitative estimate of drug-likeness (QED) is 0.445. The van der Waals surface area contributed by atoms with Crippen LogP contribution in [0.2, 0.25) is 5.02 Å². The van der Waals surface area contributed by atoms with Crippen LogP contribution >= 0.6 is 23.4 Å². The van der Waals surface area contributed by atoms with Crippen molar-refractivity contribution in [1.82, 2.24) is 19.7 Å². The maximum atomic E-state index is 6.29. The van der Waals surface area contributed by atoms with Crippen molar-refractivity contribution in [1.29, 1.82) is 0 Å². The van der Waals surface area contributed by atoms with Crippen molar-refractivity contribution in [3.8, 4) is 17.1 Å². The average Bonchev–Trinajstić information content (AvgIpc) is 3.08. The van der Waals surface area contributed by atoms with Crippen LogP contribution in [-0.4, -0.2) is 26.9 Å². The lowest BCUT2D eigenvalue weighted by atomic mass is 10.1. The molecule has 0 atom stereocenters. The van der Waals surface area contributed by atoms with Gasteiger partial charge in [-0.3, -0.25) is 4.98 Å². The van der Waals surface area contributed by atoms with Crippen LogP contribution in [0.4, 0.5) is 0 Å². The Bertz CT molecular complexity index is 1110. The molecule has 2 heterocycles. The maximum Gasteiger partial charge on any atom is 0.191 e. The third kappa shape index (κ3) is 3.38. The van der Waals surface area contributed by atoms with Gasteiger partial charge in [0.05, 0.1) is 18.2 Å². The molecule has 4 aromatic rings. The van der Waals surface area contributed by atoms with Crippen LogP contribution in [0, 0.1) is 0 Å². The normalized spacial score (nSPS) is 11.1. The molecule has 27 heavy (non-hydrogen) atoms. The zero-order valence-corrected chi connectivity index (χ0v) is 16.5. The van der Waals surface area contributed by atoms with E-state index in [1.54, 1.807) is 25.1 Å². The molecule has 0 spiro atoms. The lowest BCUT2D eigenvalue weighted by molar-refractivity contribution is 0.416. The molecule has 0 fully saturated rings. The molecule has 0 radical (unpaired) electrons. The summed E-state index contributed by atoms with van der Waals surface area (Å²) in [6.07, 6.45) is 1.79. The van der Waals surface area contributed by atoms with Crippen molar-refractivity contribution >= 4 is 34.3 Å². The van der Waals surface area contributed by atoms with E-state index < -0.39 is 0 Å². The maximum absolute atomic E-state index is 6.29.